The fourth-order valence-corrected chi connectivity index (χ4v) is 0.210. The van der Waals surface area contributed by atoms with E-state index in [9.17, 15) is 18.7 Å². The molecule has 0 aliphatic rings. The van der Waals surface area contributed by atoms with Crippen LogP contribution in [-0.4, -0.2) is 18.7 Å². The van der Waals surface area contributed by atoms with Gasteiger partial charge in [0.2, 0.25) is 0 Å². The minimum Gasteiger partial charge on any atom is -0.547 e. The van der Waals surface area contributed by atoms with Gasteiger partial charge in [-0.1, -0.05) is 0 Å². The Kier molecular flexibility index (Phi) is 8.95. The summed E-state index contributed by atoms with van der Waals surface area (Å²) < 4.78 is 25.8. The Morgan fingerprint density at radius 3 is 2.10 bits per heavy atom. The number of ether oxygens (including phenoxy) is 1. The monoisotopic (exact) mass is 178 g/mol. The summed E-state index contributed by atoms with van der Waals surface area (Å²) in [6.07, 6.45) is -1.55. The number of carbonyl (C=O) groups is 1. The van der Waals surface area contributed by atoms with E-state index < -0.39 is 18.7 Å². The van der Waals surface area contributed by atoms with Crippen LogP contribution in [-0.2, 0) is 9.53 Å². The maximum atomic E-state index is 11.1. The van der Waals surface area contributed by atoms with Crippen LogP contribution in [0.3, 0.4) is 0 Å². The van der Waals surface area contributed by atoms with E-state index in [0.717, 1.165) is 6.92 Å². The molecule has 0 aromatic rings. The maximum absolute atomic E-state index is 11.1. The molecule has 0 heterocycles. The van der Waals surface area contributed by atoms with Gasteiger partial charge in [-0.05, 0) is 6.92 Å². The van der Waals surface area contributed by atoms with Crippen molar-refractivity contribution in [2.24, 2.45) is 0 Å². The van der Waals surface area contributed by atoms with E-state index in [4.69, 9.17) is 0 Å². The fraction of sp³-hybridized carbons (Fsp3) is 0.750. The van der Waals surface area contributed by atoms with E-state index in [0.29, 0.717) is 0 Å². The van der Waals surface area contributed by atoms with Gasteiger partial charge in [0.1, 0.15) is 6.10 Å². The zero-order valence-electron chi connectivity index (χ0n) is 5.64. The second-order valence-electron chi connectivity index (χ2n) is 1.36. The normalized spacial score (nSPS) is 12.4. The molecule has 0 aliphatic heterocycles. The number of aliphatic carboxylic acids is 1. The van der Waals surface area contributed by atoms with Crippen molar-refractivity contribution in [3.8, 4) is 0 Å². The summed E-state index contributed by atoms with van der Waals surface area (Å²) in [6, 6.07) is 0. The van der Waals surface area contributed by atoms with E-state index in [2.05, 4.69) is 4.74 Å². The number of halogens is 2. The van der Waals surface area contributed by atoms with Gasteiger partial charge in [0.05, 0.1) is 5.97 Å². The largest absolute Gasteiger partial charge is 1.00 e. The second kappa shape index (κ2) is 6.63. The Bertz CT molecular complexity index is 109. The van der Waals surface area contributed by atoms with E-state index in [1.807, 2.05) is 0 Å². The van der Waals surface area contributed by atoms with Crippen LogP contribution in [0.25, 0.3) is 0 Å². The first-order valence-electron chi connectivity index (χ1n) is 2.18. The van der Waals surface area contributed by atoms with Crippen molar-refractivity contribution in [2.45, 2.75) is 19.6 Å². The van der Waals surface area contributed by atoms with Crippen LogP contribution in [0, 0.1) is 0 Å². The Labute approximate surface area is 99.2 Å². The Hall–Kier alpha value is 0.926. The molecule has 0 N–H and O–H groups in total. The molecule has 3 nitrogen and oxygen atoms in total. The molecule has 54 valence electrons. The van der Waals surface area contributed by atoms with Crippen LogP contribution in [0.15, 0.2) is 0 Å². The molecule has 0 rings (SSSR count). The zero-order chi connectivity index (χ0) is 7.44. The molecule has 0 fully saturated rings. The standard InChI is InChI=1S/C4H6F2O3.K/c1-2(3(7)8)9-4(5)6;/h2,4H,1H3,(H,7,8);/q;+1/p-1. The quantitative estimate of drug-likeness (QED) is 0.419. The van der Waals surface area contributed by atoms with Crippen LogP contribution in [0.2, 0.25) is 0 Å². The molecule has 0 aromatic heterocycles. The average molecular weight is 178 g/mol. The van der Waals surface area contributed by atoms with Gasteiger partial charge in [0.25, 0.3) is 0 Å². The number of hydrogen-bond donors (Lipinski definition) is 0. The Morgan fingerprint density at radius 1 is 1.60 bits per heavy atom. The summed E-state index contributed by atoms with van der Waals surface area (Å²) in [5.74, 6) is -1.64. The third-order valence-corrected chi connectivity index (χ3v) is 0.639. The Morgan fingerprint density at radius 2 is 2.00 bits per heavy atom. The molecule has 0 saturated heterocycles. The summed E-state index contributed by atoms with van der Waals surface area (Å²) in [5.41, 5.74) is 0. The third kappa shape index (κ3) is 7.04. The second-order valence-corrected chi connectivity index (χ2v) is 1.36. The van der Waals surface area contributed by atoms with Crippen LogP contribution in [0.4, 0.5) is 8.78 Å². The first-order valence-corrected chi connectivity index (χ1v) is 2.18. The average Bonchev–Trinajstić information content (AvgIpc) is 1.63. The molecule has 1 atom stereocenters. The first kappa shape index (κ1) is 13.5. The predicted octanol–water partition coefficient (Wildman–Crippen LogP) is -3.63. The number of carbonyl (C=O) groups excluding carboxylic acids is 1. The Balaban J connectivity index is 0. The summed E-state index contributed by atoms with van der Waals surface area (Å²) >= 11 is 0. The molecule has 0 spiro atoms. The molecular formula is C4H5F2KO3. The number of alkyl halides is 2. The van der Waals surface area contributed by atoms with E-state index in [-0.39, 0.29) is 51.4 Å². The number of rotatable bonds is 3. The van der Waals surface area contributed by atoms with Gasteiger partial charge in [-0.3, -0.25) is 0 Å². The molecular weight excluding hydrogens is 173 g/mol. The number of hydrogen-bond acceptors (Lipinski definition) is 3. The zero-order valence-corrected chi connectivity index (χ0v) is 8.76. The smallest absolute Gasteiger partial charge is 0.547 e. The van der Waals surface area contributed by atoms with Gasteiger partial charge in [0.15, 0.2) is 0 Å². The van der Waals surface area contributed by atoms with Gasteiger partial charge in [-0.15, -0.1) is 0 Å². The predicted molar refractivity (Wildman–Crippen MR) is 21.6 cm³/mol. The van der Waals surface area contributed by atoms with Crippen molar-refractivity contribution in [3.63, 3.8) is 0 Å². The number of carboxylic acids is 1. The summed E-state index contributed by atoms with van der Waals surface area (Å²) in [6.45, 7) is -2.08. The van der Waals surface area contributed by atoms with Crippen LogP contribution < -0.4 is 56.5 Å². The number of carboxylic acid groups (broad SMARTS) is 1. The van der Waals surface area contributed by atoms with Crippen molar-refractivity contribution in [3.05, 3.63) is 0 Å². The van der Waals surface area contributed by atoms with Crippen molar-refractivity contribution >= 4 is 5.97 Å². The van der Waals surface area contributed by atoms with Crippen LogP contribution in [0.1, 0.15) is 6.92 Å². The molecule has 10 heavy (non-hydrogen) atoms. The molecule has 1 unspecified atom stereocenters. The third-order valence-electron chi connectivity index (χ3n) is 0.639. The van der Waals surface area contributed by atoms with Crippen LogP contribution >= 0.6 is 0 Å². The van der Waals surface area contributed by atoms with Crippen LogP contribution in [0.5, 0.6) is 0 Å². The van der Waals surface area contributed by atoms with Gasteiger partial charge >= 0.3 is 58.0 Å². The van der Waals surface area contributed by atoms with E-state index >= 15 is 0 Å². The van der Waals surface area contributed by atoms with Crippen molar-refractivity contribution in [1.29, 1.82) is 0 Å². The van der Waals surface area contributed by atoms with Gasteiger partial charge in [-0.25, -0.2) is 0 Å². The van der Waals surface area contributed by atoms with Crippen molar-refractivity contribution in [2.75, 3.05) is 0 Å². The summed E-state index contributed by atoms with van der Waals surface area (Å²) in [5, 5.41) is 9.67. The van der Waals surface area contributed by atoms with Gasteiger partial charge < -0.3 is 14.6 Å². The first-order chi connectivity index (χ1) is 4.04. The van der Waals surface area contributed by atoms with Crippen molar-refractivity contribution in [1.82, 2.24) is 0 Å². The van der Waals surface area contributed by atoms with Gasteiger partial charge in [0, 0.05) is 0 Å². The molecule has 0 radical (unpaired) electrons. The van der Waals surface area contributed by atoms with E-state index in [1.165, 1.54) is 0 Å². The minimum absolute atomic E-state index is 0. The fourth-order valence-electron chi connectivity index (χ4n) is 0.210. The molecule has 6 heteroatoms. The van der Waals surface area contributed by atoms with Crippen molar-refractivity contribution < 1.29 is 74.8 Å². The molecule has 0 amide bonds. The van der Waals surface area contributed by atoms with Gasteiger partial charge in [-0.2, -0.15) is 8.78 Å². The summed E-state index contributed by atoms with van der Waals surface area (Å²) in [4.78, 5) is 9.67. The molecule has 0 saturated carbocycles. The molecule has 0 aliphatic carbocycles. The molecule has 0 aromatic carbocycles. The SMILES string of the molecule is CC(OC(F)F)C(=O)[O-].[K+]. The minimum atomic E-state index is -3.06. The molecule has 0 bridgehead atoms. The topological polar surface area (TPSA) is 49.4 Å². The maximum Gasteiger partial charge on any atom is 1.00 e. The van der Waals surface area contributed by atoms with E-state index in [1.54, 1.807) is 0 Å². The summed E-state index contributed by atoms with van der Waals surface area (Å²) in [7, 11) is 0.